The zero-order chi connectivity index (χ0) is 15.4. The summed E-state index contributed by atoms with van der Waals surface area (Å²) in [7, 11) is 0. The molecule has 0 fully saturated rings. The molecule has 2 rings (SSSR count). The normalized spacial score (nSPS) is 11.2. The number of amides is 1. The minimum Gasteiger partial charge on any atom is -0.409 e. The number of hydrogen-bond acceptors (Lipinski definition) is 3. The Morgan fingerprint density at radius 3 is 2.57 bits per heavy atom. The molecule has 1 amide bonds. The van der Waals surface area contributed by atoms with Gasteiger partial charge in [-0.15, -0.1) is 0 Å². The molecule has 0 saturated heterocycles. The van der Waals surface area contributed by atoms with Gasteiger partial charge in [-0.3, -0.25) is 4.79 Å². The number of rotatable bonds is 3. The van der Waals surface area contributed by atoms with Gasteiger partial charge in [0.15, 0.2) is 5.84 Å². The first kappa shape index (κ1) is 15.0. The molecule has 21 heavy (non-hydrogen) atoms. The van der Waals surface area contributed by atoms with Crippen molar-refractivity contribution < 1.29 is 14.4 Å². The maximum Gasteiger partial charge on any atom is 0.258 e. The molecule has 0 saturated carbocycles. The molecule has 0 heterocycles. The molecule has 7 heteroatoms. The van der Waals surface area contributed by atoms with Gasteiger partial charge in [0.25, 0.3) is 5.91 Å². The molecule has 0 aromatic heterocycles. The van der Waals surface area contributed by atoms with Crippen molar-refractivity contribution in [3.63, 3.8) is 0 Å². The Balaban J connectivity index is 2.35. The fourth-order valence-electron chi connectivity index (χ4n) is 1.74. The molecule has 0 atom stereocenters. The third-order valence-corrected chi connectivity index (χ3v) is 3.37. The van der Waals surface area contributed by atoms with Crippen LogP contribution < -0.4 is 11.1 Å². The molecule has 2 aromatic rings. The standard InChI is InChI=1S/C14H11BrFN3O2/c15-10-6-3-5-9(12(10)16)14(20)18-11-7-2-1-4-8(11)13(17)19-21/h1-7,21H,(H2,17,19)(H,18,20). The number of nitrogens with one attached hydrogen (secondary N) is 1. The van der Waals surface area contributed by atoms with Crippen molar-refractivity contribution in [2.45, 2.75) is 0 Å². The van der Waals surface area contributed by atoms with Crippen LogP contribution in [0.25, 0.3) is 0 Å². The Kier molecular flexibility index (Phi) is 4.54. The highest BCUT2D eigenvalue weighted by molar-refractivity contribution is 9.10. The molecular weight excluding hydrogens is 341 g/mol. The zero-order valence-electron chi connectivity index (χ0n) is 10.7. The highest BCUT2D eigenvalue weighted by Gasteiger charge is 2.16. The summed E-state index contributed by atoms with van der Waals surface area (Å²) in [5.41, 5.74) is 6.07. The molecule has 2 aromatic carbocycles. The van der Waals surface area contributed by atoms with E-state index in [0.717, 1.165) is 0 Å². The minimum absolute atomic E-state index is 0.112. The number of anilines is 1. The van der Waals surface area contributed by atoms with E-state index in [9.17, 15) is 9.18 Å². The van der Waals surface area contributed by atoms with Crippen LogP contribution in [-0.2, 0) is 0 Å². The molecule has 0 bridgehead atoms. The average molecular weight is 352 g/mol. The Hall–Kier alpha value is -2.41. The smallest absolute Gasteiger partial charge is 0.258 e. The van der Waals surface area contributed by atoms with Crippen LogP contribution in [0.5, 0.6) is 0 Å². The molecule has 0 aliphatic carbocycles. The summed E-state index contributed by atoms with van der Waals surface area (Å²) in [6.07, 6.45) is 0. The second kappa shape index (κ2) is 6.36. The summed E-state index contributed by atoms with van der Waals surface area (Å²) < 4.78 is 14.1. The lowest BCUT2D eigenvalue weighted by molar-refractivity contribution is 0.102. The number of oxime groups is 1. The van der Waals surface area contributed by atoms with Crippen LogP contribution in [0.3, 0.4) is 0 Å². The van der Waals surface area contributed by atoms with Gasteiger partial charge in [0, 0.05) is 5.56 Å². The molecule has 5 nitrogen and oxygen atoms in total. The highest BCUT2D eigenvalue weighted by atomic mass is 79.9. The largest absolute Gasteiger partial charge is 0.409 e. The molecular formula is C14H11BrFN3O2. The van der Waals surface area contributed by atoms with Gasteiger partial charge < -0.3 is 16.3 Å². The van der Waals surface area contributed by atoms with E-state index in [0.29, 0.717) is 11.3 Å². The third-order valence-electron chi connectivity index (χ3n) is 2.76. The maximum absolute atomic E-state index is 13.9. The second-order valence-electron chi connectivity index (χ2n) is 4.09. The number of carbonyl (C=O) groups is 1. The summed E-state index contributed by atoms with van der Waals surface area (Å²) in [5.74, 6) is -1.44. The summed E-state index contributed by atoms with van der Waals surface area (Å²) in [6.45, 7) is 0. The molecule has 0 radical (unpaired) electrons. The zero-order valence-corrected chi connectivity index (χ0v) is 12.3. The Morgan fingerprint density at radius 2 is 1.86 bits per heavy atom. The van der Waals surface area contributed by atoms with Crippen LogP contribution in [0.15, 0.2) is 52.1 Å². The molecule has 108 valence electrons. The number of carbonyl (C=O) groups excluding carboxylic acids is 1. The Morgan fingerprint density at radius 1 is 1.19 bits per heavy atom. The van der Waals surface area contributed by atoms with Crippen molar-refractivity contribution in [3.05, 3.63) is 63.9 Å². The van der Waals surface area contributed by atoms with Gasteiger partial charge >= 0.3 is 0 Å². The fourth-order valence-corrected chi connectivity index (χ4v) is 2.10. The van der Waals surface area contributed by atoms with Gasteiger partial charge in [0.2, 0.25) is 0 Å². The number of benzene rings is 2. The highest BCUT2D eigenvalue weighted by Crippen LogP contribution is 2.21. The van der Waals surface area contributed by atoms with E-state index >= 15 is 0 Å². The van der Waals surface area contributed by atoms with E-state index in [1.165, 1.54) is 12.1 Å². The molecule has 0 spiro atoms. The van der Waals surface area contributed by atoms with Crippen LogP contribution in [0.1, 0.15) is 15.9 Å². The van der Waals surface area contributed by atoms with Gasteiger partial charge in [-0.2, -0.15) is 0 Å². The Labute approximate surface area is 128 Å². The first-order valence-electron chi connectivity index (χ1n) is 5.87. The number of nitrogens with zero attached hydrogens (tertiary/aromatic N) is 1. The second-order valence-corrected chi connectivity index (χ2v) is 4.94. The summed E-state index contributed by atoms with van der Waals surface area (Å²) in [4.78, 5) is 12.1. The molecule has 0 aliphatic heterocycles. The van der Waals surface area contributed by atoms with Gasteiger partial charge in [-0.1, -0.05) is 23.4 Å². The van der Waals surface area contributed by atoms with Gasteiger partial charge in [0.1, 0.15) is 5.82 Å². The van der Waals surface area contributed by atoms with E-state index < -0.39 is 11.7 Å². The predicted molar refractivity (Wildman–Crippen MR) is 81.0 cm³/mol. The van der Waals surface area contributed by atoms with E-state index in [2.05, 4.69) is 26.4 Å². The van der Waals surface area contributed by atoms with E-state index in [1.807, 2.05) is 0 Å². The average Bonchev–Trinajstić information content (AvgIpc) is 2.49. The lowest BCUT2D eigenvalue weighted by atomic mass is 10.1. The maximum atomic E-state index is 13.9. The van der Waals surface area contributed by atoms with Crippen LogP contribution in [0.2, 0.25) is 0 Å². The fraction of sp³-hybridized carbons (Fsp3) is 0. The van der Waals surface area contributed by atoms with E-state index in [1.54, 1.807) is 30.3 Å². The number of para-hydroxylation sites is 1. The van der Waals surface area contributed by atoms with E-state index in [-0.39, 0.29) is 15.9 Å². The van der Waals surface area contributed by atoms with Gasteiger partial charge in [-0.25, -0.2) is 4.39 Å². The quantitative estimate of drug-likeness (QED) is 0.344. The van der Waals surface area contributed by atoms with Crippen molar-refractivity contribution in [2.24, 2.45) is 10.9 Å². The molecule has 0 unspecified atom stereocenters. The van der Waals surface area contributed by atoms with Crippen LogP contribution >= 0.6 is 15.9 Å². The van der Waals surface area contributed by atoms with Crippen LogP contribution in [0, 0.1) is 5.82 Å². The van der Waals surface area contributed by atoms with E-state index in [4.69, 9.17) is 10.9 Å². The topological polar surface area (TPSA) is 87.7 Å². The number of nitrogens with two attached hydrogens (primary N) is 1. The van der Waals surface area contributed by atoms with Gasteiger partial charge in [0.05, 0.1) is 15.7 Å². The van der Waals surface area contributed by atoms with Crippen LogP contribution in [-0.4, -0.2) is 17.0 Å². The summed E-state index contributed by atoms with van der Waals surface area (Å²) in [5, 5.41) is 14.2. The van der Waals surface area contributed by atoms with Crippen molar-refractivity contribution in [2.75, 3.05) is 5.32 Å². The van der Waals surface area contributed by atoms with Crippen molar-refractivity contribution in [1.82, 2.24) is 0 Å². The first-order valence-corrected chi connectivity index (χ1v) is 6.66. The molecule has 4 N–H and O–H groups in total. The van der Waals surface area contributed by atoms with Crippen molar-refractivity contribution in [1.29, 1.82) is 0 Å². The number of halogens is 2. The summed E-state index contributed by atoms with van der Waals surface area (Å²) >= 11 is 3.02. The van der Waals surface area contributed by atoms with Gasteiger partial charge in [-0.05, 0) is 40.2 Å². The SMILES string of the molecule is N/C(=N/O)c1ccccc1NC(=O)c1cccc(Br)c1F. The third kappa shape index (κ3) is 3.19. The Bertz CT molecular complexity index is 719. The predicted octanol–water partition coefficient (Wildman–Crippen LogP) is 2.94. The first-order chi connectivity index (χ1) is 10.0. The number of amidine groups is 1. The lowest BCUT2D eigenvalue weighted by Crippen LogP contribution is -2.19. The summed E-state index contributed by atoms with van der Waals surface area (Å²) in [6, 6.07) is 10.9. The number of hydrogen-bond donors (Lipinski definition) is 3. The van der Waals surface area contributed by atoms with Crippen molar-refractivity contribution >= 4 is 33.4 Å². The minimum atomic E-state index is -0.656. The van der Waals surface area contributed by atoms with Crippen molar-refractivity contribution in [3.8, 4) is 0 Å². The van der Waals surface area contributed by atoms with Crippen LogP contribution in [0.4, 0.5) is 10.1 Å². The molecule has 0 aliphatic rings. The monoisotopic (exact) mass is 351 g/mol. The lowest BCUT2D eigenvalue weighted by Gasteiger charge is -2.10.